The maximum Gasteiger partial charge on any atom is 0.263 e. The van der Waals surface area contributed by atoms with Gasteiger partial charge in [-0.2, -0.15) is 0 Å². The molecule has 0 radical (unpaired) electrons. The van der Waals surface area contributed by atoms with Crippen LogP contribution in [0.3, 0.4) is 0 Å². The molecule has 6 nitrogen and oxygen atoms in total. The fourth-order valence-electron chi connectivity index (χ4n) is 4.94. The molecule has 37 heavy (non-hydrogen) atoms. The van der Waals surface area contributed by atoms with Gasteiger partial charge in [0.05, 0.1) is 18.8 Å². The maximum atomic E-state index is 13.3. The van der Waals surface area contributed by atoms with Crippen molar-refractivity contribution in [2.75, 3.05) is 13.6 Å². The predicted octanol–water partition coefficient (Wildman–Crippen LogP) is 5.92. The zero-order valence-corrected chi connectivity index (χ0v) is 22.6. The average molecular weight is 503 g/mol. The number of amides is 2. The highest BCUT2D eigenvalue weighted by Crippen LogP contribution is 2.38. The number of carbonyl (C=O) groups is 2. The van der Waals surface area contributed by atoms with Crippen molar-refractivity contribution in [1.29, 1.82) is 0 Å². The molecule has 2 heterocycles. The van der Waals surface area contributed by atoms with Crippen molar-refractivity contribution < 1.29 is 18.7 Å². The fourth-order valence-corrected chi connectivity index (χ4v) is 4.94. The van der Waals surface area contributed by atoms with E-state index in [1.165, 1.54) is 11.1 Å². The number of hydrogen-bond acceptors (Lipinski definition) is 4. The first-order chi connectivity index (χ1) is 17.8. The van der Waals surface area contributed by atoms with Crippen molar-refractivity contribution in [2.24, 2.45) is 5.92 Å². The van der Waals surface area contributed by atoms with Gasteiger partial charge < -0.3 is 19.0 Å². The normalized spacial score (nSPS) is 15.8. The van der Waals surface area contributed by atoms with Crippen LogP contribution in [0.5, 0.6) is 5.75 Å². The third-order valence-electron chi connectivity index (χ3n) is 6.92. The van der Waals surface area contributed by atoms with Gasteiger partial charge in [0.15, 0.2) is 6.10 Å². The second kappa shape index (κ2) is 11.7. The van der Waals surface area contributed by atoms with Crippen LogP contribution < -0.4 is 4.74 Å². The summed E-state index contributed by atoms with van der Waals surface area (Å²) in [5, 5.41) is 0. The Labute approximate surface area is 220 Å². The van der Waals surface area contributed by atoms with Crippen LogP contribution in [0.2, 0.25) is 0 Å². The van der Waals surface area contributed by atoms with Crippen LogP contribution in [0.1, 0.15) is 67.7 Å². The van der Waals surface area contributed by atoms with E-state index in [4.69, 9.17) is 9.15 Å². The van der Waals surface area contributed by atoms with E-state index in [1.807, 2.05) is 36.1 Å². The minimum atomic E-state index is -0.613. The Hall–Kier alpha value is -3.54. The molecule has 1 aromatic heterocycles. The van der Waals surface area contributed by atoms with Crippen molar-refractivity contribution >= 4 is 11.8 Å². The number of ether oxygens (including phenoxy) is 1. The summed E-state index contributed by atoms with van der Waals surface area (Å²) in [5.41, 5.74) is 4.54. The van der Waals surface area contributed by atoms with Crippen LogP contribution in [-0.4, -0.2) is 41.3 Å². The second-order valence-electron chi connectivity index (χ2n) is 10.4. The summed E-state index contributed by atoms with van der Waals surface area (Å²) in [4.78, 5) is 30.1. The standard InChI is InChI=1S/C31H38N2O4/c1-6-28(31(35)32(5)20-26-8-7-17-36-26)37-25-14-13-23-15-16-33(29(34)18-21(2)3)30(27(23)19-25)24-11-9-22(4)10-12-24/h7-14,17,19,21,28,30H,6,15-16,18,20H2,1-5H3/t28-,30+/m1/s1. The number of nitrogens with zero attached hydrogens (tertiary/aromatic N) is 2. The van der Waals surface area contributed by atoms with Gasteiger partial charge in [0.25, 0.3) is 5.91 Å². The lowest BCUT2D eigenvalue weighted by atomic mass is 9.87. The zero-order valence-electron chi connectivity index (χ0n) is 22.6. The van der Waals surface area contributed by atoms with Crippen LogP contribution in [0.25, 0.3) is 0 Å². The number of aryl methyl sites for hydroxylation is 1. The molecule has 2 amide bonds. The van der Waals surface area contributed by atoms with Gasteiger partial charge in [0, 0.05) is 20.0 Å². The number of carbonyl (C=O) groups excluding carboxylic acids is 2. The summed E-state index contributed by atoms with van der Waals surface area (Å²) in [6, 6.07) is 17.9. The minimum Gasteiger partial charge on any atom is -0.481 e. The number of hydrogen-bond donors (Lipinski definition) is 0. The van der Waals surface area contributed by atoms with Gasteiger partial charge in [-0.15, -0.1) is 0 Å². The van der Waals surface area contributed by atoms with Crippen molar-refractivity contribution in [2.45, 2.75) is 65.6 Å². The Morgan fingerprint density at radius 1 is 1.14 bits per heavy atom. The lowest BCUT2D eigenvalue weighted by Crippen LogP contribution is -2.41. The van der Waals surface area contributed by atoms with Gasteiger partial charge in [-0.3, -0.25) is 9.59 Å². The molecule has 0 spiro atoms. The monoisotopic (exact) mass is 502 g/mol. The molecule has 0 saturated heterocycles. The smallest absolute Gasteiger partial charge is 0.263 e. The summed E-state index contributed by atoms with van der Waals surface area (Å²) < 4.78 is 11.7. The van der Waals surface area contributed by atoms with Crippen LogP contribution in [0.4, 0.5) is 0 Å². The van der Waals surface area contributed by atoms with E-state index in [9.17, 15) is 9.59 Å². The van der Waals surface area contributed by atoms with E-state index in [2.05, 4.69) is 51.1 Å². The highest BCUT2D eigenvalue weighted by molar-refractivity contribution is 5.81. The van der Waals surface area contributed by atoms with Crippen molar-refractivity contribution in [3.63, 3.8) is 0 Å². The molecule has 0 fully saturated rings. The Morgan fingerprint density at radius 3 is 2.54 bits per heavy atom. The van der Waals surface area contributed by atoms with E-state index < -0.39 is 6.10 Å². The summed E-state index contributed by atoms with van der Waals surface area (Å²) >= 11 is 0. The molecule has 196 valence electrons. The molecule has 0 unspecified atom stereocenters. The number of likely N-dealkylation sites (N-methyl/N-ethyl adjacent to an activating group) is 1. The Morgan fingerprint density at radius 2 is 1.89 bits per heavy atom. The molecule has 1 aliphatic heterocycles. The Kier molecular flexibility index (Phi) is 8.37. The lowest BCUT2D eigenvalue weighted by molar-refractivity contribution is -0.138. The van der Waals surface area contributed by atoms with Crippen molar-refractivity contribution in [1.82, 2.24) is 9.80 Å². The van der Waals surface area contributed by atoms with Gasteiger partial charge >= 0.3 is 0 Å². The summed E-state index contributed by atoms with van der Waals surface area (Å²) in [7, 11) is 1.76. The minimum absolute atomic E-state index is 0.0968. The topological polar surface area (TPSA) is 63.0 Å². The highest BCUT2D eigenvalue weighted by Gasteiger charge is 2.33. The first-order valence-corrected chi connectivity index (χ1v) is 13.2. The number of rotatable bonds is 9. The molecule has 2 aromatic carbocycles. The lowest BCUT2D eigenvalue weighted by Gasteiger charge is -2.38. The molecule has 2 atom stereocenters. The maximum absolute atomic E-state index is 13.3. The molecule has 4 rings (SSSR count). The SMILES string of the molecule is CC[C@@H](Oc1ccc2c(c1)[C@H](c1ccc(C)cc1)N(C(=O)CC(C)C)CC2)C(=O)N(C)Cc1ccco1. The molecular formula is C31H38N2O4. The molecule has 3 aromatic rings. The van der Waals surface area contributed by atoms with Gasteiger partial charge in [-0.25, -0.2) is 0 Å². The molecule has 6 heteroatoms. The Bertz CT molecular complexity index is 1200. The third-order valence-corrected chi connectivity index (χ3v) is 6.92. The van der Waals surface area contributed by atoms with Crippen LogP contribution in [0, 0.1) is 12.8 Å². The first-order valence-electron chi connectivity index (χ1n) is 13.2. The number of fused-ring (bicyclic) bond motifs is 1. The fraction of sp³-hybridized carbons (Fsp3) is 0.419. The molecule has 1 aliphatic rings. The highest BCUT2D eigenvalue weighted by atomic mass is 16.5. The average Bonchev–Trinajstić information content (AvgIpc) is 3.39. The summed E-state index contributed by atoms with van der Waals surface area (Å²) in [5.74, 6) is 1.73. The molecule has 0 N–H and O–H groups in total. The zero-order chi connectivity index (χ0) is 26.5. The molecular weight excluding hydrogens is 464 g/mol. The van der Waals surface area contributed by atoms with Crippen molar-refractivity contribution in [3.8, 4) is 5.75 Å². The van der Waals surface area contributed by atoms with Crippen LogP contribution in [0.15, 0.2) is 65.3 Å². The second-order valence-corrected chi connectivity index (χ2v) is 10.4. The van der Waals surface area contributed by atoms with Gasteiger partial charge in [-0.1, -0.05) is 56.7 Å². The number of benzene rings is 2. The predicted molar refractivity (Wildman–Crippen MR) is 144 cm³/mol. The van der Waals surface area contributed by atoms with Gasteiger partial charge in [-0.05, 0) is 66.6 Å². The quantitative estimate of drug-likeness (QED) is 0.364. The van der Waals surface area contributed by atoms with E-state index in [0.717, 1.165) is 23.3 Å². The largest absolute Gasteiger partial charge is 0.481 e. The number of furan rings is 1. The van der Waals surface area contributed by atoms with E-state index in [1.54, 1.807) is 18.2 Å². The van der Waals surface area contributed by atoms with Gasteiger partial charge in [0.1, 0.15) is 11.5 Å². The van der Waals surface area contributed by atoms with Crippen LogP contribution in [-0.2, 0) is 22.6 Å². The van der Waals surface area contributed by atoms with E-state index in [0.29, 0.717) is 31.7 Å². The molecule has 0 saturated carbocycles. The third kappa shape index (κ3) is 6.24. The van der Waals surface area contributed by atoms with Gasteiger partial charge in [0.2, 0.25) is 5.91 Å². The van der Waals surface area contributed by atoms with E-state index >= 15 is 0 Å². The summed E-state index contributed by atoms with van der Waals surface area (Å²) in [6.07, 6.45) is 2.84. The first kappa shape index (κ1) is 26.5. The van der Waals surface area contributed by atoms with Crippen LogP contribution >= 0.6 is 0 Å². The molecule has 0 aliphatic carbocycles. The molecule has 0 bridgehead atoms. The Balaban J connectivity index is 1.62. The summed E-state index contributed by atoms with van der Waals surface area (Å²) in [6.45, 7) is 9.24. The van der Waals surface area contributed by atoms with E-state index in [-0.39, 0.29) is 23.8 Å². The van der Waals surface area contributed by atoms with Crippen molar-refractivity contribution in [3.05, 3.63) is 88.9 Å².